The summed E-state index contributed by atoms with van der Waals surface area (Å²) in [5.41, 5.74) is 0.497. The molecular weight excluding hydrogens is 296 g/mol. The van der Waals surface area contributed by atoms with E-state index in [1.165, 1.54) is 0 Å². The number of aromatic nitrogens is 1. The number of carboxylic acid groups (broad SMARTS) is 1. The second kappa shape index (κ2) is 7.08. The number of ether oxygens (including phenoxy) is 1. The van der Waals surface area contributed by atoms with Crippen molar-refractivity contribution < 1.29 is 19.4 Å². The molecule has 0 radical (unpaired) electrons. The number of carboxylic acids is 1. The lowest BCUT2D eigenvalue weighted by molar-refractivity contribution is -0.142. The van der Waals surface area contributed by atoms with Crippen molar-refractivity contribution in [1.82, 2.24) is 9.88 Å². The van der Waals surface area contributed by atoms with Crippen molar-refractivity contribution in [2.24, 2.45) is 17.3 Å². The molecule has 1 fully saturated rings. The van der Waals surface area contributed by atoms with E-state index < -0.39 is 23.2 Å². The van der Waals surface area contributed by atoms with Crippen LogP contribution in [0.4, 0.5) is 0 Å². The summed E-state index contributed by atoms with van der Waals surface area (Å²) in [5, 5.41) is 9.29. The Morgan fingerprint density at radius 1 is 1.30 bits per heavy atom. The van der Waals surface area contributed by atoms with Crippen LogP contribution in [0.15, 0.2) is 24.5 Å². The second-order valence-corrected chi connectivity index (χ2v) is 6.58. The van der Waals surface area contributed by atoms with Gasteiger partial charge in [0.15, 0.2) is 0 Å². The summed E-state index contributed by atoms with van der Waals surface area (Å²) in [5.74, 6) is -2.04. The Labute approximate surface area is 136 Å². The fraction of sp³-hybridized carbons (Fsp3) is 0.588. The maximum absolute atomic E-state index is 12.8. The van der Waals surface area contributed by atoms with E-state index in [0.717, 1.165) is 12.0 Å². The zero-order valence-corrected chi connectivity index (χ0v) is 13.9. The molecule has 2 atom stereocenters. The third-order valence-corrected chi connectivity index (χ3v) is 4.57. The van der Waals surface area contributed by atoms with Gasteiger partial charge in [-0.3, -0.25) is 14.6 Å². The van der Waals surface area contributed by atoms with Gasteiger partial charge in [0, 0.05) is 39.2 Å². The average molecular weight is 320 g/mol. The van der Waals surface area contributed by atoms with Gasteiger partial charge in [-0.05, 0) is 29.5 Å². The molecule has 1 aromatic heterocycles. The molecule has 2 rings (SSSR count). The van der Waals surface area contributed by atoms with E-state index in [9.17, 15) is 14.7 Å². The fourth-order valence-corrected chi connectivity index (χ4v) is 3.13. The van der Waals surface area contributed by atoms with Crippen molar-refractivity contribution in [2.45, 2.75) is 26.8 Å². The highest BCUT2D eigenvalue weighted by Gasteiger charge is 2.66. The van der Waals surface area contributed by atoms with Crippen molar-refractivity contribution >= 4 is 11.9 Å². The quantitative estimate of drug-likeness (QED) is 0.739. The van der Waals surface area contributed by atoms with Gasteiger partial charge >= 0.3 is 5.97 Å². The minimum Gasteiger partial charge on any atom is -0.481 e. The van der Waals surface area contributed by atoms with E-state index in [1.54, 1.807) is 24.4 Å². The molecule has 1 aliphatic carbocycles. The third-order valence-electron chi connectivity index (χ3n) is 4.57. The van der Waals surface area contributed by atoms with Crippen LogP contribution in [0.5, 0.6) is 0 Å². The fourth-order valence-electron chi connectivity index (χ4n) is 3.13. The SMILES string of the molecule is COCCCN(Cc1ccncc1)C(=O)[C@@H]1[C@H](C(=O)O)C1(C)C. The largest absolute Gasteiger partial charge is 0.481 e. The molecule has 0 spiro atoms. The van der Waals surface area contributed by atoms with Crippen LogP contribution in [0.25, 0.3) is 0 Å². The van der Waals surface area contributed by atoms with E-state index in [2.05, 4.69) is 4.98 Å². The van der Waals surface area contributed by atoms with Crippen molar-refractivity contribution in [3.05, 3.63) is 30.1 Å². The first-order chi connectivity index (χ1) is 10.9. The summed E-state index contributed by atoms with van der Waals surface area (Å²) in [4.78, 5) is 29.9. The zero-order valence-electron chi connectivity index (χ0n) is 13.9. The molecule has 6 heteroatoms. The smallest absolute Gasteiger partial charge is 0.307 e. The lowest BCUT2D eigenvalue weighted by Gasteiger charge is -2.23. The van der Waals surface area contributed by atoms with Gasteiger partial charge in [0.25, 0.3) is 0 Å². The molecule has 1 saturated carbocycles. The average Bonchev–Trinajstić information content (AvgIpc) is 3.09. The number of pyridine rings is 1. The highest BCUT2D eigenvalue weighted by atomic mass is 16.5. The van der Waals surface area contributed by atoms with Gasteiger partial charge in [-0.2, -0.15) is 0 Å². The number of nitrogens with zero attached hydrogens (tertiary/aromatic N) is 2. The third kappa shape index (κ3) is 3.88. The molecule has 1 N–H and O–H groups in total. The topological polar surface area (TPSA) is 79.7 Å². The van der Waals surface area contributed by atoms with E-state index in [1.807, 2.05) is 26.0 Å². The van der Waals surface area contributed by atoms with Crippen molar-refractivity contribution in [3.8, 4) is 0 Å². The molecular formula is C17H24N2O4. The second-order valence-electron chi connectivity index (χ2n) is 6.58. The first kappa shape index (κ1) is 17.4. The van der Waals surface area contributed by atoms with Gasteiger partial charge in [-0.15, -0.1) is 0 Å². The van der Waals surface area contributed by atoms with Gasteiger partial charge in [-0.1, -0.05) is 13.8 Å². The molecule has 1 heterocycles. The van der Waals surface area contributed by atoms with E-state index in [0.29, 0.717) is 19.7 Å². The van der Waals surface area contributed by atoms with Crippen molar-refractivity contribution in [1.29, 1.82) is 0 Å². The van der Waals surface area contributed by atoms with Crippen molar-refractivity contribution in [2.75, 3.05) is 20.3 Å². The summed E-state index contributed by atoms with van der Waals surface area (Å²) in [6, 6.07) is 3.73. The van der Waals surface area contributed by atoms with Crippen LogP contribution in [0, 0.1) is 17.3 Å². The molecule has 1 aromatic rings. The van der Waals surface area contributed by atoms with Gasteiger partial charge in [0.2, 0.25) is 5.91 Å². The number of carbonyl (C=O) groups excluding carboxylic acids is 1. The molecule has 0 aromatic carbocycles. The highest BCUT2D eigenvalue weighted by Crippen LogP contribution is 2.59. The Morgan fingerprint density at radius 2 is 1.96 bits per heavy atom. The molecule has 0 saturated heterocycles. The normalized spacial score (nSPS) is 21.7. The standard InChI is InChI=1S/C17H24N2O4/c1-17(2)13(14(17)16(21)22)15(20)19(9-4-10-23-3)11-12-5-7-18-8-6-12/h5-8,13-14H,4,9-11H2,1-3H3,(H,21,22)/t13-,14+/m0/s1. The summed E-state index contributed by atoms with van der Waals surface area (Å²) in [6.07, 6.45) is 4.10. The molecule has 0 aliphatic heterocycles. The molecule has 126 valence electrons. The Morgan fingerprint density at radius 3 is 2.48 bits per heavy atom. The Balaban J connectivity index is 2.10. The Kier molecular flexibility index (Phi) is 5.36. The summed E-state index contributed by atoms with van der Waals surface area (Å²) >= 11 is 0. The monoisotopic (exact) mass is 320 g/mol. The molecule has 0 unspecified atom stereocenters. The van der Waals surface area contributed by atoms with E-state index in [4.69, 9.17) is 4.74 Å². The molecule has 1 amide bonds. The highest BCUT2D eigenvalue weighted by molar-refractivity contribution is 5.91. The maximum atomic E-state index is 12.8. The van der Waals surface area contributed by atoms with Crippen LogP contribution >= 0.6 is 0 Å². The van der Waals surface area contributed by atoms with Crippen LogP contribution in [-0.2, 0) is 20.9 Å². The van der Waals surface area contributed by atoms with Gasteiger partial charge in [-0.25, -0.2) is 0 Å². The zero-order chi connectivity index (χ0) is 17.0. The van der Waals surface area contributed by atoms with Crippen LogP contribution in [0.2, 0.25) is 0 Å². The predicted octanol–water partition coefficient (Wildman–Crippen LogP) is 1.80. The Hall–Kier alpha value is -1.95. The number of hydrogen-bond donors (Lipinski definition) is 1. The van der Waals surface area contributed by atoms with Gasteiger partial charge in [0.1, 0.15) is 0 Å². The number of aliphatic carboxylic acids is 1. The van der Waals surface area contributed by atoms with E-state index >= 15 is 0 Å². The molecule has 6 nitrogen and oxygen atoms in total. The molecule has 1 aliphatic rings. The number of amides is 1. The summed E-state index contributed by atoms with van der Waals surface area (Å²) < 4.78 is 5.06. The lowest BCUT2D eigenvalue weighted by Crippen LogP contribution is -2.34. The number of methoxy groups -OCH3 is 1. The molecule has 0 bridgehead atoms. The minimum absolute atomic E-state index is 0.0877. The first-order valence-corrected chi connectivity index (χ1v) is 7.79. The van der Waals surface area contributed by atoms with Crippen molar-refractivity contribution in [3.63, 3.8) is 0 Å². The van der Waals surface area contributed by atoms with E-state index in [-0.39, 0.29) is 5.91 Å². The number of hydrogen-bond acceptors (Lipinski definition) is 4. The first-order valence-electron chi connectivity index (χ1n) is 7.79. The number of carbonyl (C=O) groups is 2. The van der Waals surface area contributed by atoms with Crippen LogP contribution in [0.1, 0.15) is 25.8 Å². The summed E-state index contributed by atoms with van der Waals surface area (Å²) in [7, 11) is 1.62. The van der Waals surface area contributed by atoms with Gasteiger partial charge < -0.3 is 14.7 Å². The predicted molar refractivity (Wildman–Crippen MR) is 84.5 cm³/mol. The number of rotatable bonds is 8. The molecule has 23 heavy (non-hydrogen) atoms. The minimum atomic E-state index is -0.894. The van der Waals surface area contributed by atoms with Gasteiger partial charge in [0.05, 0.1) is 11.8 Å². The van der Waals surface area contributed by atoms with Crippen LogP contribution in [0.3, 0.4) is 0 Å². The Bertz CT molecular complexity index is 559. The lowest BCUT2D eigenvalue weighted by atomic mass is 10.1. The van der Waals surface area contributed by atoms with Crippen LogP contribution in [-0.4, -0.2) is 47.1 Å². The maximum Gasteiger partial charge on any atom is 0.307 e. The van der Waals surface area contributed by atoms with Crippen LogP contribution < -0.4 is 0 Å². The summed E-state index contributed by atoms with van der Waals surface area (Å²) in [6.45, 7) is 5.26.